The van der Waals surface area contributed by atoms with Gasteiger partial charge in [0.15, 0.2) is 15.2 Å². The number of thioether (sulfide) groups is 1. The fourth-order valence-corrected chi connectivity index (χ4v) is 6.36. The Morgan fingerprint density at radius 3 is 2.75 bits per heavy atom. The van der Waals surface area contributed by atoms with Crippen LogP contribution in [0.3, 0.4) is 0 Å². The first kappa shape index (κ1) is 19.5. The number of fused-ring (bicyclic) bond motifs is 1. The minimum absolute atomic E-state index is 0. The third-order valence-electron chi connectivity index (χ3n) is 4.01. The standard InChI is InChI=1S/C14H14N2O5S2.Na/c1-22-14(13(18)19)7-16-11(17)10(12(16)23(20,21)8-14)6-9-4-2-3-5-15-9;/h2-6,12H,7-8H2,1H3,(H,18,19);/q;+1/p-1/t12-,14?;/m1./s1. The van der Waals surface area contributed by atoms with Crippen molar-refractivity contribution in [3.63, 3.8) is 0 Å². The van der Waals surface area contributed by atoms with Gasteiger partial charge in [-0.15, -0.1) is 11.8 Å². The first-order chi connectivity index (χ1) is 10.8. The average molecular weight is 376 g/mol. The van der Waals surface area contributed by atoms with Gasteiger partial charge in [0.25, 0.3) is 5.91 Å². The molecule has 7 nitrogen and oxygen atoms in total. The average Bonchev–Trinajstić information content (AvgIpc) is 2.52. The van der Waals surface area contributed by atoms with Crippen LogP contribution in [0.1, 0.15) is 5.69 Å². The van der Waals surface area contributed by atoms with E-state index in [0.29, 0.717) is 5.69 Å². The normalized spacial score (nSPS) is 29.4. The number of amides is 1. The van der Waals surface area contributed by atoms with Gasteiger partial charge in [0.2, 0.25) is 0 Å². The van der Waals surface area contributed by atoms with E-state index in [-0.39, 0.29) is 41.7 Å². The summed E-state index contributed by atoms with van der Waals surface area (Å²) < 4.78 is 23.4. The van der Waals surface area contributed by atoms with E-state index in [1.807, 2.05) is 0 Å². The van der Waals surface area contributed by atoms with E-state index in [1.54, 1.807) is 18.2 Å². The van der Waals surface area contributed by atoms with Crippen molar-refractivity contribution in [1.29, 1.82) is 0 Å². The number of carboxylic acids is 1. The van der Waals surface area contributed by atoms with Crippen molar-refractivity contribution in [2.75, 3.05) is 18.6 Å². The Balaban J connectivity index is 0.00000208. The number of rotatable bonds is 3. The van der Waals surface area contributed by atoms with Crippen molar-refractivity contribution in [3.8, 4) is 0 Å². The molecule has 2 fully saturated rings. The molecule has 3 rings (SSSR count). The summed E-state index contributed by atoms with van der Waals surface area (Å²) in [7, 11) is -3.82. The maximum absolute atomic E-state index is 12.5. The van der Waals surface area contributed by atoms with Crippen LogP contribution < -0.4 is 34.7 Å². The molecule has 0 saturated carbocycles. The Labute approximate surface area is 165 Å². The number of nitrogens with zero attached hydrogens (tertiary/aromatic N) is 2. The predicted octanol–water partition coefficient (Wildman–Crippen LogP) is -4.08. The minimum atomic E-state index is -3.82. The van der Waals surface area contributed by atoms with Gasteiger partial charge >= 0.3 is 29.6 Å². The maximum atomic E-state index is 12.5. The van der Waals surface area contributed by atoms with Crippen LogP contribution in [0, 0.1) is 0 Å². The fourth-order valence-electron chi connectivity index (χ4n) is 2.83. The molecule has 1 amide bonds. The summed E-state index contributed by atoms with van der Waals surface area (Å²) in [5.74, 6) is -2.51. The van der Waals surface area contributed by atoms with Crippen molar-refractivity contribution in [3.05, 3.63) is 35.7 Å². The summed E-state index contributed by atoms with van der Waals surface area (Å²) in [4.78, 5) is 28.8. The smallest absolute Gasteiger partial charge is 0.549 e. The van der Waals surface area contributed by atoms with Gasteiger partial charge in [-0.1, -0.05) is 6.07 Å². The summed E-state index contributed by atoms with van der Waals surface area (Å²) in [6.07, 6.45) is 4.48. The summed E-state index contributed by atoms with van der Waals surface area (Å²) >= 11 is 0.884. The molecule has 0 aromatic carbocycles. The second kappa shape index (κ2) is 6.80. The minimum Gasteiger partial charge on any atom is -0.549 e. The van der Waals surface area contributed by atoms with Gasteiger partial charge in [0.1, 0.15) is 0 Å². The number of aromatic nitrogens is 1. The van der Waals surface area contributed by atoms with Crippen LogP contribution >= 0.6 is 11.8 Å². The van der Waals surface area contributed by atoms with E-state index in [0.717, 1.165) is 16.7 Å². The van der Waals surface area contributed by atoms with Crippen LogP contribution in [0.25, 0.3) is 6.08 Å². The Hall–Kier alpha value is -0.870. The molecular weight excluding hydrogens is 363 g/mol. The number of β-lactam (4-membered cyclic amide) rings is 1. The Kier molecular flexibility index (Phi) is 5.51. The number of carbonyl (C=O) groups excluding carboxylic acids is 2. The maximum Gasteiger partial charge on any atom is 1.00 e. The summed E-state index contributed by atoms with van der Waals surface area (Å²) in [6, 6.07) is 5.09. The van der Waals surface area contributed by atoms with Gasteiger partial charge in [-0.3, -0.25) is 9.78 Å². The quantitative estimate of drug-likeness (QED) is 0.300. The summed E-state index contributed by atoms with van der Waals surface area (Å²) in [5.41, 5.74) is 0.601. The van der Waals surface area contributed by atoms with Crippen LogP contribution in [-0.4, -0.2) is 58.9 Å². The predicted molar refractivity (Wildman–Crippen MR) is 82.8 cm³/mol. The van der Waals surface area contributed by atoms with Crippen molar-refractivity contribution in [2.45, 2.75) is 10.1 Å². The number of hydrogen-bond donors (Lipinski definition) is 0. The Bertz CT molecular complexity index is 812. The molecule has 0 N–H and O–H groups in total. The van der Waals surface area contributed by atoms with Crippen LogP contribution in [0.2, 0.25) is 0 Å². The van der Waals surface area contributed by atoms with Crippen molar-refractivity contribution in [2.24, 2.45) is 0 Å². The molecule has 2 atom stereocenters. The number of carbonyl (C=O) groups is 2. The number of carboxylic acid groups (broad SMARTS) is 1. The van der Waals surface area contributed by atoms with Crippen molar-refractivity contribution in [1.82, 2.24) is 9.88 Å². The molecular formula is C14H13N2NaO5S2. The number of aliphatic carboxylic acids is 1. The largest absolute Gasteiger partial charge is 1.00 e. The molecule has 1 aromatic heterocycles. The second-order valence-electron chi connectivity index (χ2n) is 5.43. The first-order valence-electron chi connectivity index (χ1n) is 6.72. The number of hydrogen-bond acceptors (Lipinski definition) is 7. The van der Waals surface area contributed by atoms with Crippen molar-refractivity contribution >= 4 is 39.6 Å². The molecule has 2 aliphatic heterocycles. The van der Waals surface area contributed by atoms with Crippen LogP contribution in [0.5, 0.6) is 0 Å². The topological polar surface area (TPSA) is 107 Å². The zero-order valence-corrected chi connectivity index (χ0v) is 16.8. The molecule has 2 saturated heterocycles. The number of pyridine rings is 1. The van der Waals surface area contributed by atoms with Gasteiger partial charge in [0.05, 0.1) is 27.7 Å². The van der Waals surface area contributed by atoms with Crippen LogP contribution in [0.4, 0.5) is 0 Å². The third kappa shape index (κ3) is 3.03. The van der Waals surface area contributed by atoms with E-state index >= 15 is 0 Å². The molecule has 2 aliphatic rings. The van der Waals surface area contributed by atoms with E-state index in [2.05, 4.69) is 4.98 Å². The summed E-state index contributed by atoms with van der Waals surface area (Å²) in [6.45, 7) is -0.182. The van der Waals surface area contributed by atoms with Crippen molar-refractivity contribution < 1.29 is 52.7 Å². The molecule has 10 heteroatoms. The van der Waals surface area contributed by atoms with E-state index in [1.165, 1.54) is 18.5 Å². The van der Waals surface area contributed by atoms with Gasteiger partial charge in [0, 0.05) is 12.7 Å². The third-order valence-corrected chi connectivity index (χ3v) is 7.50. The zero-order chi connectivity index (χ0) is 16.8. The molecule has 0 spiro atoms. The Morgan fingerprint density at radius 2 is 2.21 bits per heavy atom. The number of sulfone groups is 1. The SMILES string of the molecule is CSC1(C(=O)[O-])CN2C(=O)C(=Cc3ccccn3)[C@H]2S(=O)(=O)C1.[Na+]. The molecule has 1 aromatic rings. The van der Waals surface area contributed by atoms with Crippen LogP contribution in [0.15, 0.2) is 30.0 Å². The second-order valence-corrected chi connectivity index (χ2v) is 8.68. The Morgan fingerprint density at radius 1 is 1.50 bits per heavy atom. The molecule has 0 aliphatic carbocycles. The van der Waals surface area contributed by atoms with E-state index < -0.39 is 37.6 Å². The molecule has 0 radical (unpaired) electrons. The summed E-state index contributed by atoms with van der Waals surface area (Å²) in [5, 5.41) is 10.3. The van der Waals surface area contributed by atoms with E-state index in [4.69, 9.17) is 0 Å². The molecule has 3 heterocycles. The fraction of sp³-hybridized carbons (Fsp3) is 0.357. The van der Waals surface area contributed by atoms with Gasteiger partial charge < -0.3 is 14.8 Å². The molecule has 0 bridgehead atoms. The van der Waals surface area contributed by atoms with Crippen LogP contribution in [-0.2, 0) is 19.4 Å². The molecule has 1 unspecified atom stereocenters. The van der Waals surface area contributed by atoms with Gasteiger partial charge in [-0.25, -0.2) is 8.42 Å². The first-order valence-corrected chi connectivity index (χ1v) is 9.66. The molecule has 122 valence electrons. The van der Waals surface area contributed by atoms with E-state index in [9.17, 15) is 23.1 Å². The monoisotopic (exact) mass is 376 g/mol. The zero-order valence-electron chi connectivity index (χ0n) is 13.1. The molecule has 24 heavy (non-hydrogen) atoms. The van der Waals surface area contributed by atoms with Gasteiger partial charge in [-0.05, 0) is 24.5 Å². The van der Waals surface area contributed by atoms with Gasteiger partial charge in [-0.2, -0.15) is 0 Å².